The smallest absolute Gasteiger partial charge is 0.418 e. The van der Waals surface area contributed by atoms with Crippen LogP contribution in [0.2, 0.25) is 5.02 Å². The lowest BCUT2D eigenvalue weighted by molar-refractivity contribution is -0.178. The van der Waals surface area contributed by atoms with E-state index in [0.717, 1.165) is 5.56 Å². The Kier molecular flexibility index (Phi) is 5.97. The number of aliphatic carboxylic acids is 1. The number of carbonyl (C=O) groups excluding carboxylic acids is 1. The van der Waals surface area contributed by atoms with Gasteiger partial charge in [0.15, 0.2) is 0 Å². The van der Waals surface area contributed by atoms with E-state index in [1.54, 1.807) is 48.5 Å². The average molecular weight is 438 g/mol. The zero-order chi connectivity index (χ0) is 21.2. The molecule has 0 aromatic heterocycles. The standard InChI is InChI=1S/C20H20ClNO6S/c1-14-2-8-17(9-3-14)29(26,27)22-12-10-20(11-13-22,28-19(25)18(23)24)15-4-6-16(21)7-5-15/h2-9H,10-13H2,1H3,(H,23,24). The van der Waals surface area contributed by atoms with Crippen molar-refractivity contribution in [1.82, 2.24) is 4.31 Å². The lowest BCUT2D eigenvalue weighted by atomic mass is 9.84. The third kappa shape index (κ3) is 4.44. The first-order valence-corrected chi connectivity index (χ1v) is 10.7. The van der Waals surface area contributed by atoms with Gasteiger partial charge in [0.05, 0.1) is 4.90 Å². The van der Waals surface area contributed by atoms with Gasteiger partial charge in [-0.2, -0.15) is 4.31 Å². The van der Waals surface area contributed by atoms with Crippen LogP contribution in [0.4, 0.5) is 0 Å². The summed E-state index contributed by atoms with van der Waals surface area (Å²) in [6.07, 6.45) is 0.248. The van der Waals surface area contributed by atoms with Gasteiger partial charge in [-0.25, -0.2) is 18.0 Å². The number of sulfonamides is 1. The first-order valence-electron chi connectivity index (χ1n) is 8.93. The first kappa shape index (κ1) is 21.3. The van der Waals surface area contributed by atoms with E-state index in [4.69, 9.17) is 21.4 Å². The minimum Gasteiger partial charge on any atom is -0.473 e. The summed E-state index contributed by atoms with van der Waals surface area (Å²) in [5.74, 6) is -3.08. The predicted molar refractivity (Wildman–Crippen MR) is 106 cm³/mol. The summed E-state index contributed by atoms with van der Waals surface area (Å²) in [5, 5.41) is 9.45. The van der Waals surface area contributed by atoms with Gasteiger partial charge in [0.2, 0.25) is 10.0 Å². The van der Waals surface area contributed by atoms with Gasteiger partial charge in [-0.1, -0.05) is 41.4 Å². The highest BCUT2D eigenvalue weighted by molar-refractivity contribution is 7.89. The lowest BCUT2D eigenvalue weighted by Crippen LogP contribution is -2.47. The molecule has 3 rings (SSSR count). The van der Waals surface area contributed by atoms with E-state index >= 15 is 0 Å². The maximum absolute atomic E-state index is 12.9. The molecule has 7 nitrogen and oxygen atoms in total. The Bertz CT molecular complexity index is 1010. The molecule has 0 radical (unpaired) electrons. The highest BCUT2D eigenvalue weighted by atomic mass is 35.5. The van der Waals surface area contributed by atoms with Gasteiger partial charge in [0, 0.05) is 31.0 Å². The summed E-state index contributed by atoms with van der Waals surface area (Å²) < 4.78 is 32.5. The normalized spacial score (nSPS) is 16.9. The second-order valence-electron chi connectivity index (χ2n) is 6.91. The third-order valence-corrected chi connectivity index (χ3v) is 7.19. The molecule has 1 fully saturated rings. The lowest BCUT2D eigenvalue weighted by Gasteiger charge is -2.40. The van der Waals surface area contributed by atoms with Crippen LogP contribution < -0.4 is 0 Å². The molecule has 1 aliphatic heterocycles. The van der Waals surface area contributed by atoms with Gasteiger partial charge in [-0.05, 0) is 36.8 Å². The zero-order valence-electron chi connectivity index (χ0n) is 15.7. The summed E-state index contributed by atoms with van der Waals surface area (Å²) in [4.78, 5) is 23.0. The van der Waals surface area contributed by atoms with Crippen molar-refractivity contribution in [3.8, 4) is 0 Å². The van der Waals surface area contributed by atoms with E-state index in [0.29, 0.717) is 10.6 Å². The molecule has 1 N–H and O–H groups in total. The summed E-state index contributed by atoms with van der Waals surface area (Å²) in [7, 11) is -3.71. The van der Waals surface area contributed by atoms with Gasteiger partial charge in [0.1, 0.15) is 5.60 Å². The number of carboxylic acids is 1. The number of esters is 1. The Morgan fingerprint density at radius 1 is 1.03 bits per heavy atom. The number of rotatable bonds is 4. The van der Waals surface area contributed by atoms with Crippen LogP contribution in [0.25, 0.3) is 0 Å². The van der Waals surface area contributed by atoms with E-state index in [-0.39, 0.29) is 30.8 Å². The summed E-state index contributed by atoms with van der Waals surface area (Å²) in [6.45, 7) is 2.02. The fourth-order valence-electron chi connectivity index (χ4n) is 3.37. The van der Waals surface area contributed by atoms with Crippen LogP contribution in [0.3, 0.4) is 0 Å². The van der Waals surface area contributed by atoms with Crippen molar-refractivity contribution in [3.63, 3.8) is 0 Å². The van der Waals surface area contributed by atoms with Crippen LogP contribution in [0.15, 0.2) is 53.4 Å². The topological polar surface area (TPSA) is 101 Å². The average Bonchev–Trinajstić information content (AvgIpc) is 2.69. The number of ether oxygens (including phenoxy) is 1. The number of carbonyl (C=O) groups is 2. The van der Waals surface area contributed by atoms with E-state index in [9.17, 15) is 18.0 Å². The molecule has 0 spiro atoms. The molecule has 1 aliphatic rings. The van der Waals surface area contributed by atoms with Crippen molar-refractivity contribution in [2.75, 3.05) is 13.1 Å². The minimum atomic E-state index is -3.71. The van der Waals surface area contributed by atoms with Crippen LogP contribution in [0.5, 0.6) is 0 Å². The summed E-state index contributed by atoms with van der Waals surface area (Å²) in [5.41, 5.74) is 0.285. The second kappa shape index (κ2) is 8.14. The second-order valence-corrected chi connectivity index (χ2v) is 9.29. The Morgan fingerprint density at radius 3 is 2.10 bits per heavy atom. The Labute approximate surface area is 173 Å². The Morgan fingerprint density at radius 2 is 1.59 bits per heavy atom. The molecule has 29 heavy (non-hydrogen) atoms. The molecule has 9 heteroatoms. The van der Waals surface area contributed by atoms with E-state index in [1.165, 1.54) is 4.31 Å². The molecule has 154 valence electrons. The molecule has 2 aromatic carbocycles. The van der Waals surface area contributed by atoms with Gasteiger partial charge >= 0.3 is 11.9 Å². The van der Waals surface area contributed by atoms with Crippen LogP contribution in [0.1, 0.15) is 24.0 Å². The van der Waals surface area contributed by atoms with Crippen LogP contribution in [-0.2, 0) is 30.0 Å². The van der Waals surface area contributed by atoms with Crippen molar-refractivity contribution in [1.29, 1.82) is 0 Å². The van der Waals surface area contributed by atoms with Gasteiger partial charge in [-0.3, -0.25) is 0 Å². The Balaban J connectivity index is 1.87. The minimum absolute atomic E-state index is 0.0751. The molecule has 0 saturated carbocycles. The van der Waals surface area contributed by atoms with Crippen molar-refractivity contribution in [3.05, 3.63) is 64.7 Å². The monoisotopic (exact) mass is 437 g/mol. The Hall–Kier alpha value is -2.42. The number of carboxylic acid groups (broad SMARTS) is 1. The molecule has 0 aliphatic carbocycles. The molecule has 1 saturated heterocycles. The molecule has 1 heterocycles. The number of piperidine rings is 1. The number of hydrogen-bond donors (Lipinski definition) is 1. The van der Waals surface area contributed by atoms with E-state index in [1.807, 2.05) is 6.92 Å². The molecule has 2 aromatic rings. The van der Waals surface area contributed by atoms with Crippen LogP contribution >= 0.6 is 11.6 Å². The van der Waals surface area contributed by atoms with Crippen LogP contribution in [-0.4, -0.2) is 42.9 Å². The predicted octanol–water partition coefficient (Wildman–Crippen LogP) is 2.96. The molecular formula is C20H20ClNO6S. The number of benzene rings is 2. The van der Waals surface area contributed by atoms with E-state index < -0.39 is 27.6 Å². The maximum Gasteiger partial charge on any atom is 0.418 e. The largest absolute Gasteiger partial charge is 0.473 e. The molecule has 0 bridgehead atoms. The van der Waals surface area contributed by atoms with Gasteiger partial charge in [-0.15, -0.1) is 0 Å². The molecule has 0 unspecified atom stereocenters. The molecule has 0 atom stereocenters. The zero-order valence-corrected chi connectivity index (χ0v) is 17.2. The molecule has 0 amide bonds. The SMILES string of the molecule is Cc1ccc(S(=O)(=O)N2CCC(OC(=O)C(=O)O)(c3ccc(Cl)cc3)CC2)cc1. The third-order valence-electron chi connectivity index (χ3n) is 5.02. The highest BCUT2D eigenvalue weighted by Crippen LogP contribution is 2.39. The van der Waals surface area contributed by atoms with Gasteiger partial charge < -0.3 is 9.84 Å². The van der Waals surface area contributed by atoms with E-state index in [2.05, 4.69) is 0 Å². The number of hydrogen-bond acceptors (Lipinski definition) is 5. The van der Waals surface area contributed by atoms with Crippen LogP contribution in [0, 0.1) is 6.92 Å². The fourth-order valence-corrected chi connectivity index (χ4v) is 4.94. The summed E-state index contributed by atoms with van der Waals surface area (Å²) >= 11 is 5.92. The maximum atomic E-state index is 12.9. The van der Waals surface area contributed by atoms with Crippen molar-refractivity contribution >= 4 is 33.6 Å². The number of halogens is 1. The number of nitrogens with zero attached hydrogens (tertiary/aromatic N) is 1. The highest BCUT2D eigenvalue weighted by Gasteiger charge is 2.43. The van der Waals surface area contributed by atoms with Gasteiger partial charge in [0.25, 0.3) is 0 Å². The quantitative estimate of drug-likeness (QED) is 0.583. The van der Waals surface area contributed by atoms with Crippen molar-refractivity contribution in [2.45, 2.75) is 30.3 Å². The number of aryl methyl sites for hydroxylation is 1. The van der Waals surface area contributed by atoms with Crippen molar-refractivity contribution < 1.29 is 27.9 Å². The summed E-state index contributed by atoms with van der Waals surface area (Å²) in [6, 6.07) is 13.1. The first-order chi connectivity index (χ1) is 13.6. The van der Waals surface area contributed by atoms with Crippen molar-refractivity contribution in [2.24, 2.45) is 0 Å². The fraction of sp³-hybridized carbons (Fsp3) is 0.300. The molecular weight excluding hydrogens is 418 g/mol.